The second kappa shape index (κ2) is 5.61. The highest BCUT2D eigenvalue weighted by Gasteiger charge is 2.23. The standard InChI is InChI=1S/C13H22N4O2/c1-9-7-14-5-6-17(9)12(18)8-19-13-10(2)15-16(4)11(13)3/h9,14H,5-8H2,1-4H3/t9-/m1/s1. The van der Waals surface area contributed by atoms with Crippen LogP contribution in [0.5, 0.6) is 5.75 Å². The van der Waals surface area contributed by atoms with Gasteiger partial charge >= 0.3 is 0 Å². The summed E-state index contributed by atoms with van der Waals surface area (Å²) in [5.74, 6) is 0.760. The third-order valence-electron chi connectivity index (χ3n) is 3.60. The second-order valence-electron chi connectivity index (χ2n) is 5.05. The molecule has 1 N–H and O–H groups in total. The maximum Gasteiger partial charge on any atom is 0.260 e. The van der Waals surface area contributed by atoms with Crippen molar-refractivity contribution in [2.75, 3.05) is 26.2 Å². The zero-order valence-electron chi connectivity index (χ0n) is 12.1. The van der Waals surface area contributed by atoms with Crippen LogP contribution in [0.2, 0.25) is 0 Å². The van der Waals surface area contributed by atoms with Gasteiger partial charge in [-0.3, -0.25) is 9.48 Å². The molecule has 0 unspecified atom stereocenters. The Balaban J connectivity index is 1.96. The first kappa shape index (κ1) is 13.9. The van der Waals surface area contributed by atoms with Crippen molar-refractivity contribution in [1.29, 1.82) is 0 Å². The fraction of sp³-hybridized carbons (Fsp3) is 0.692. The number of nitrogens with one attached hydrogen (secondary N) is 1. The zero-order chi connectivity index (χ0) is 14.0. The lowest BCUT2D eigenvalue weighted by molar-refractivity contribution is -0.136. The number of carbonyl (C=O) groups excluding carboxylic acids is 1. The predicted octanol–water partition coefficient (Wildman–Crippen LogP) is 0.236. The molecule has 0 spiro atoms. The molecule has 0 bridgehead atoms. The number of aromatic nitrogens is 2. The molecule has 0 aromatic carbocycles. The Kier molecular flexibility index (Phi) is 4.09. The van der Waals surface area contributed by atoms with Crippen molar-refractivity contribution in [3.63, 3.8) is 0 Å². The van der Waals surface area contributed by atoms with Gasteiger partial charge in [-0.05, 0) is 20.8 Å². The number of aryl methyl sites for hydroxylation is 2. The number of carbonyl (C=O) groups is 1. The third kappa shape index (κ3) is 2.89. The molecule has 1 aliphatic heterocycles. The highest BCUT2D eigenvalue weighted by Crippen LogP contribution is 2.21. The van der Waals surface area contributed by atoms with E-state index in [2.05, 4.69) is 10.4 Å². The molecule has 1 atom stereocenters. The van der Waals surface area contributed by atoms with E-state index >= 15 is 0 Å². The van der Waals surface area contributed by atoms with Crippen molar-refractivity contribution in [3.8, 4) is 5.75 Å². The Labute approximate surface area is 113 Å². The monoisotopic (exact) mass is 266 g/mol. The molecular formula is C13H22N4O2. The number of hydrogen-bond donors (Lipinski definition) is 1. The van der Waals surface area contributed by atoms with Crippen LogP contribution in [0.15, 0.2) is 0 Å². The summed E-state index contributed by atoms with van der Waals surface area (Å²) in [5, 5.41) is 7.54. The highest BCUT2D eigenvalue weighted by atomic mass is 16.5. The molecule has 1 fully saturated rings. The first-order valence-electron chi connectivity index (χ1n) is 6.64. The van der Waals surface area contributed by atoms with E-state index in [1.165, 1.54) is 0 Å². The molecule has 0 aliphatic carbocycles. The molecular weight excluding hydrogens is 244 g/mol. The van der Waals surface area contributed by atoms with Crippen LogP contribution in [0.4, 0.5) is 0 Å². The van der Waals surface area contributed by atoms with E-state index in [-0.39, 0.29) is 18.6 Å². The Morgan fingerprint density at radius 2 is 2.26 bits per heavy atom. The van der Waals surface area contributed by atoms with Crippen molar-refractivity contribution in [2.24, 2.45) is 7.05 Å². The fourth-order valence-corrected chi connectivity index (χ4v) is 2.39. The minimum absolute atomic E-state index is 0.0386. The smallest absolute Gasteiger partial charge is 0.260 e. The van der Waals surface area contributed by atoms with E-state index in [9.17, 15) is 4.79 Å². The maximum atomic E-state index is 12.2. The summed E-state index contributed by atoms with van der Waals surface area (Å²) in [6.45, 7) is 8.39. The van der Waals surface area contributed by atoms with Crippen LogP contribution in [-0.2, 0) is 11.8 Å². The van der Waals surface area contributed by atoms with Crippen LogP contribution in [0.3, 0.4) is 0 Å². The minimum Gasteiger partial charge on any atom is -0.480 e. The van der Waals surface area contributed by atoms with Crippen LogP contribution in [-0.4, -0.2) is 52.9 Å². The summed E-state index contributed by atoms with van der Waals surface area (Å²) in [5.41, 5.74) is 1.76. The van der Waals surface area contributed by atoms with Gasteiger partial charge in [0, 0.05) is 32.7 Å². The Morgan fingerprint density at radius 3 is 2.84 bits per heavy atom. The van der Waals surface area contributed by atoms with Gasteiger partial charge in [0.1, 0.15) is 5.69 Å². The molecule has 106 valence electrons. The van der Waals surface area contributed by atoms with Crippen molar-refractivity contribution < 1.29 is 9.53 Å². The molecule has 0 radical (unpaired) electrons. The lowest BCUT2D eigenvalue weighted by Crippen LogP contribution is -2.53. The van der Waals surface area contributed by atoms with Gasteiger partial charge in [0.2, 0.25) is 0 Å². The lowest BCUT2D eigenvalue weighted by Gasteiger charge is -2.33. The van der Waals surface area contributed by atoms with Crippen LogP contribution in [0.25, 0.3) is 0 Å². The molecule has 19 heavy (non-hydrogen) atoms. The quantitative estimate of drug-likeness (QED) is 0.851. The van der Waals surface area contributed by atoms with Crippen LogP contribution in [0, 0.1) is 13.8 Å². The molecule has 1 amide bonds. The maximum absolute atomic E-state index is 12.2. The predicted molar refractivity (Wildman–Crippen MR) is 72.2 cm³/mol. The summed E-state index contributed by atoms with van der Waals surface area (Å²) in [6.07, 6.45) is 0. The molecule has 1 aromatic heterocycles. The zero-order valence-corrected chi connectivity index (χ0v) is 12.1. The normalized spacial score (nSPS) is 19.6. The van der Waals surface area contributed by atoms with E-state index in [1.54, 1.807) is 4.68 Å². The van der Waals surface area contributed by atoms with Crippen LogP contribution >= 0.6 is 0 Å². The van der Waals surface area contributed by atoms with E-state index in [1.807, 2.05) is 32.7 Å². The molecule has 2 heterocycles. The first-order chi connectivity index (χ1) is 9.00. The second-order valence-corrected chi connectivity index (χ2v) is 5.05. The SMILES string of the molecule is Cc1nn(C)c(C)c1OCC(=O)N1CCNC[C@H]1C. The molecule has 6 heteroatoms. The van der Waals surface area contributed by atoms with E-state index in [0.29, 0.717) is 0 Å². The van der Waals surface area contributed by atoms with Crippen molar-refractivity contribution in [3.05, 3.63) is 11.4 Å². The topological polar surface area (TPSA) is 59.4 Å². The van der Waals surface area contributed by atoms with Crippen molar-refractivity contribution in [2.45, 2.75) is 26.8 Å². The van der Waals surface area contributed by atoms with Gasteiger partial charge in [-0.1, -0.05) is 0 Å². The highest BCUT2D eigenvalue weighted by molar-refractivity contribution is 5.78. The molecule has 0 saturated carbocycles. The summed E-state index contributed by atoms with van der Waals surface area (Å²) in [6, 6.07) is 0.223. The number of rotatable bonds is 3. The Hall–Kier alpha value is -1.56. The number of hydrogen-bond acceptors (Lipinski definition) is 4. The minimum atomic E-state index is 0.0386. The number of nitrogens with zero attached hydrogens (tertiary/aromatic N) is 3. The van der Waals surface area contributed by atoms with E-state index in [0.717, 1.165) is 36.8 Å². The molecule has 2 rings (SSSR count). The van der Waals surface area contributed by atoms with Crippen molar-refractivity contribution in [1.82, 2.24) is 20.0 Å². The Bertz CT molecular complexity index is 469. The molecule has 1 aliphatic rings. The van der Waals surface area contributed by atoms with Gasteiger partial charge in [0.25, 0.3) is 5.91 Å². The van der Waals surface area contributed by atoms with Gasteiger partial charge in [0.15, 0.2) is 12.4 Å². The largest absolute Gasteiger partial charge is 0.480 e. The van der Waals surface area contributed by atoms with Gasteiger partial charge in [-0.25, -0.2) is 0 Å². The van der Waals surface area contributed by atoms with Crippen molar-refractivity contribution >= 4 is 5.91 Å². The van der Waals surface area contributed by atoms with Gasteiger partial charge in [-0.2, -0.15) is 5.10 Å². The average molecular weight is 266 g/mol. The Morgan fingerprint density at radius 1 is 1.53 bits per heavy atom. The number of piperazine rings is 1. The van der Waals surface area contributed by atoms with Crippen LogP contribution < -0.4 is 10.1 Å². The lowest BCUT2D eigenvalue weighted by atomic mass is 10.2. The summed E-state index contributed by atoms with van der Waals surface area (Å²) >= 11 is 0. The van der Waals surface area contributed by atoms with Gasteiger partial charge in [-0.15, -0.1) is 0 Å². The average Bonchev–Trinajstić information content (AvgIpc) is 2.61. The summed E-state index contributed by atoms with van der Waals surface area (Å²) in [4.78, 5) is 14.0. The third-order valence-corrected chi connectivity index (χ3v) is 3.60. The summed E-state index contributed by atoms with van der Waals surface area (Å²) in [7, 11) is 1.87. The fourth-order valence-electron chi connectivity index (χ4n) is 2.39. The molecule has 1 saturated heterocycles. The first-order valence-corrected chi connectivity index (χ1v) is 6.64. The van der Waals surface area contributed by atoms with Gasteiger partial charge < -0.3 is 15.0 Å². The summed E-state index contributed by atoms with van der Waals surface area (Å²) < 4.78 is 7.42. The van der Waals surface area contributed by atoms with Crippen LogP contribution in [0.1, 0.15) is 18.3 Å². The van der Waals surface area contributed by atoms with Gasteiger partial charge in [0.05, 0.1) is 5.69 Å². The van der Waals surface area contributed by atoms with E-state index < -0.39 is 0 Å². The molecule has 1 aromatic rings. The number of ether oxygens (including phenoxy) is 1. The molecule has 6 nitrogen and oxygen atoms in total. The number of amides is 1. The van der Waals surface area contributed by atoms with E-state index in [4.69, 9.17) is 4.74 Å².